The van der Waals surface area contributed by atoms with Crippen LogP contribution in [0.2, 0.25) is 0 Å². The van der Waals surface area contributed by atoms with Gasteiger partial charge in [-0.05, 0) is 46.9 Å². The lowest BCUT2D eigenvalue weighted by Gasteiger charge is -2.25. The molecule has 4 aromatic rings. The fraction of sp³-hybridized carbons (Fsp3) is 0.222. The number of carbonyl (C=O) groups excluding carboxylic acids is 2. The number of Topliss-reactive ketones (excluding diaryl/α,β-unsaturated/α-hetero) is 1. The van der Waals surface area contributed by atoms with Crippen molar-refractivity contribution in [2.24, 2.45) is 0 Å². The Labute approximate surface area is 206 Å². The van der Waals surface area contributed by atoms with Gasteiger partial charge in [-0.1, -0.05) is 56.4 Å². The van der Waals surface area contributed by atoms with Gasteiger partial charge >= 0.3 is 0 Å². The maximum Gasteiger partial charge on any atom is 0.296 e. The van der Waals surface area contributed by atoms with Crippen molar-refractivity contribution in [1.82, 2.24) is 4.98 Å². The summed E-state index contributed by atoms with van der Waals surface area (Å²) in [5.41, 5.74) is 2.37. The van der Waals surface area contributed by atoms with Crippen LogP contribution in [0.15, 0.2) is 76.6 Å². The number of aliphatic hydroxyl groups excluding tert-OH is 1. The number of aliphatic hydroxyl groups is 1. The van der Waals surface area contributed by atoms with E-state index in [0.29, 0.717) is 22.0 Å². The van der Waals surface area contributed by atoms with Crippen molar-refractivity contribution >= 4 is 38.4 Å². The van der Waals surface area contributed by atoms with E-state index in [0.717, 1.165) is 10.3 Å². The maximum absolute atomic E-state index is 13.4. The minimum absolute atomic E-state index is 0.0368. The summed E-state index contributed by atoms with van der Waals surface area (Å²) in [6, 6.07) is 15.4. The number of anilines is 1. The monoisotopic (exact) mass is 488 g/mol. The van der Waals surface area contributed by atoms with Gasteiger partial charge in [-0.25, -0.2) is 4.98 Å². The lowest BCUT2D eigenvalue weighted by Crippen LogP contribution is -2.31. The normalized spacial score (nSPS) is 16.4. The molecule has 1 aliphatic heterocycles. The molecule has 0 aliphatic carbocycles. The number of rotatable bonds is 5. The summed E-state index contributed by atoms with van der Waals surface area (Å²) in [4.78, 5) is 32.8. The topological polar surface area (TPSA) is 92.9 Å². The highest BCUT2D eigenvalue weighted by molar-refractivity contribution is 7.22. The van der Waals surface area contributed by atoms with Gasteiger partial charge in [-0.3, -0.25) is 14.5 Å². The van der Waals surface area contributed by atoms with Crippen LogP contribution < -0.4 is 9.64 Å². The summed E-state index contributed by atoms with van der Waals surface area (Å²) in [6.45, 7) is 6.33. The standard InChI is InChI=1S/C27H24N2O5S/c1-27(2,3)16-9-7-15(8-10-16)22-21(23(30)19-6-5-13-34-19)24(31)25(32)29(22)26-28-18-12-11-17(33-4)14-20(18)35-26/h5-14,22,31H,1-4H3/t22-/m1/s1. The first-order valence-corrected chi connectivity index (χ1v) is 11.9. The zero-order valence-electron chi connectivity index (χ0n) is 19.7. The molecule has 1 N–H and O–H groups in total. The fourth-order valence-electron chi connectivity index (χ4n) is 4.18. The van der Waals surface area contributed by atoms with Gasteiger partial charge < -0.3 is 14.3 Å². The van der Waals surface area contributed by atoms with Crippen molar-refractivity contribution in [2.45, 2.75) is 32.2 Å². The number of ketones is 1. The van der Waals surface area contributed by atoms with Gasteiger partial charge in [0.25, 0.3) is 5.91 Å². The predicted molar refractivity (Wildman–Crippen MR) is 134 cm³/mol. The Kier molecular flexibility index (Phi) is 5.48. The van der Waals surface area contributed by atoms with Gasteiger partial charge in [0.15, 0.2) is 16.7 Å². The molecule has 7 nitrogen and oxygen atoms in total. The summed E-state index contributed by atoms with van der Waals surface area (Å²) >= 11 is 1.29. The zero-order valence-corrected chi connectivity index (χ0v) is 20.6. The Balaban J connectivity index is 1.66. The molecule has 0 fully saturated rings. The third kappa shape index (κ3) is 3.89. The summed E-state index contributed by atoms with van der Waals surface area (Å²) < 4.78 is 11.4. The minimum atomic E-state index is -0.864. The van der Waals surface area contributed by atoms with Crippen LogP contribution in [-0.2, 0) is 10.2 Å². The van der Waals surface area contributed by atoms with E-state index in [2.05, 4.69) is 25.8 Å². The highest BCUT2D eigenvalue weighted by Crippen LogP contribution is 2.44. The molecule has 0 radical (unpaired) electrons. The van der Waals surface area contributed by atoms with Gasteiger partial charge in [0.1, 0.15) is 5.75 Å². The molecule has 5 rings (SSSR count). The Morgan fingerprint density at radius 3 is 2.51 bits per heavy atom. The Hall–Kier alpha value is -3.91. The molecule has 1 amide bonds. The number of furan rings is 1. The number of thiazole rings is 1. The molecule has 0 saturated heterocycles. The van der Waals surface area contributed by atoms with Gasteiger partial charge in [0.2, 0.25) is 5.78 Å². The number of hydrogen-bond donors (Lipinski definition) is 1. The summed E-state index contributed by atoms with van der Waals surface area (Å²) in [5.74, 6) is -1.11. The van der Waals surface area contributed by atoms with Crippen LogP contribution >= 0.6 is 11.3 Å². The number of ether oxygens (including phenoxy) is 1. The third-order valence-corrected chi connectivity index (χ3v) is 7.10. The van der Waals surface area contributed by atoms with Gasteiger partial charge in [-0.15, -0.1) is 0 Å². The second kappa shape index (κ2) is 8.39. The summed E-state index contributed by atoms with van der Waals surface area (Å²) in [7, 11) is 1.58. The number of hydrogen-bond acceptors (Lipinski definition) is 7. The molecular formula is C27H24N2O5S. The second-order valence-corrected chi connectivity index (χ2v) is 10.4. The van der Waals surface area contributed by atoms with E-state index in [1.165, 1.54) is 28.6 Å². The number of benzene rings is 2. The first kappa shape index (κ1) is 22.9. The Morgan fingerprint density at radius 2 is 1.89 bits per heavy atom. The van der Waals surface area contributed by atoms with E-state index in [-0.39, 0.29) is 16.7 Å². The smallest absolute Gasteiger partial charge is 0.296 e. The highest BCUT2D eigenvalue weighted by Gasteiger charge is 2.46. The zero-order chi connectivity index (χ0) is 24.9. The number of methoxy groups -OCH3 is 1. The largest absolute Gasteiger partial charge is 0.503 e. The summed E-state index contributed by atoms with van der Waals surface area (Å²) in [5, 5.41) is 11.3. The molecule has 178 valence electrons. The average molecular weight is 489 g/mol. The molecule has 35 heavy (non-hydrogen) atoms. The van der Waals surface area contributed by atoms with Crippen LogP contribution in [0.25, 0.3) is 10.2 Å². The van der Waals surface area contributed by atoms with Gasteiger partial charge in [0.05, 0.1) is 35.2 Å². The van der Waals surface area contributed by atoms with Crippen molar-refractivity contribution in [2.75, 3.05) is 12.0 Å². The van der Waals surface area contributed by atoms with Crippen molar-refractivity contribution in [3.8, 4) is 5.75 Å². The quantitative estimate of drug-likeness (QED) is 0.348. The Bertz CT molecular complexity index is 1460. The molecule has 0 bridgehead atoms. The number of fused-ring (bicyclic) bond motifs is 1. The van der Waals surface area contributed by atoms with Crippen LogP contribution in [0.1, 0.15) is 48.5 Å². The Morgan fingerprint density at radius 1 is 1.14 bits per heavy atom. The van der Waals surface area contributed by atoms with E-state index >= 15 is 0 Å². The molecule has 0 unspecified atom stereocenters. The van der Waals surface area contributed by atoms with Crippen LogP contribution in [0.3, 0.4) is 0 Å². The molecule has 1 aliphatic rings. The van der Waals surface area contributed by atoms with Crippen LogP contribution in [-0.4, -0.2) is 28.9 Å². The molecule has 8 heteroatoms. The maximum atomic E-state index is 13.4. The number of nitrogens with zero attached hydrogens (tertiary/aromatic N) is 2. The average Bonchev–Trinajstić information content (AvgIpc) is 3.56. The fourth-order valence-corrected chi connectivity index (χ4v) is 5.20. The highest BCUT2D eigenvalue weighted by atomic mass is 32.1. The van der Waals surface area contributed by atoms with Crippen LogP contribution in [0, 0.1) is 0 Å². The van der Waals surface area contributed by atoms with Crippen molar-refractivity contribution in [3.05, 3.63) is 89.1 Å². The minimum Gasteiger partial charge on any atom is -0.503 e. The van der Waals surface area contributed by atoms with Crippen molar-refractivity contribution < 1.29 is 23.8 Å². The van der Waals surface area contributed by atoms with Gasteiger partial charge in [-0.2, -0.15) is 0 Å². The first-order valence-electron chi connectivity index (χ1n) is 11.1. The lowest BCUT2D eigenvalue weighted by molar-refractivity contribution is -0.117. The van der Waals surface area contributed by atoms with E-state index in [1.54, 1.807) is 19.2 Å². The van der Waals surface area contributed by atoms with E-state index in [9.17, 15) is 14.7 Å². The lowest BCUT2D eigenvalue weighted by atomic mass is 9.85. The molecule has 0 saturated carbocycles. The molecule has 1 atom stereocenters. The molecule has 3 heterocycles. The molecule has 2 aromatic carbocycles. The number of aromatic nitrogens is 1. The van der Waals surface area contributed by atoms with Crippen molar-refractivity contribution in [3.63, 3.8) is 0 Å². The van der Waals surface area contributed by atoms with Gasteiger partial charge in [0, 0.05) is 0 Å². The van der Waals surface area contributed by atoms with E-state index in [4.69, 9.17) is 9.15 Å². The number of carbonyl (C=O) groups is 2. The molecular weight excluding hydrogens is 464 g/mol. The van der Waals surface area contributed by atoms with Crippen molar-refractivity contribution in [1.29, 1.82) is 0 Å². The number of amides is 1. The predicted octanol–water partition coefficient (Wildman–Crippen LogP) is 5.98. The van der Waals surface area contributed by atoms with E-state index < -0.39 is 23.5 Å². The van der Waals surface area contributed by atoms with Crippen LogP contribution in [0.5, 0.6) is 5.75 Å². The second-order valence-electron chi connectivity index (χ2n) is 9.35. The molecule has 2 aromatic heterocycles. The SMILES string of the molecule is COc1ccc2nc(N3C(=O)C(O)=C(C(=O)c4ccco4)[C@H]3c3ccc(C(C)(C)C)cc3)sc2c1. The molecule has 0 spiro atoms. The first-order chi connectivity index (χ1) is 16.7. The summed E-state index contributed by atoms with van der Waals surface area (Å²) in [6.07, 6.45) is 1.38. The van der Waals surface area contributed by atoms with Crippen LogP contribution in [0.4, 0.5) is 5.13 Å². The third-order valence-electron chi connectivity index (χ3n) is 6.08. The van der Waals surface area contributed by atoms with E-state index in [1.807, 2.05) is 36.4 Å².